The van der Waals surface area contributed by atoms with Gasteiger partial charge >= 0.3 is 15.2 Å². The van der Waals surface area contributed by atoms with E-state index in [4.69, 9.17) is 0 Å². The Bertz CT molecular complexity index is 1020. The molecule has 4 N–H and O–H groups in total. The molecule has 14 heteroatoms. The lowest BCUT2D eigenvalue weighted by atomic mass is 10.0. The van der Waals surface area contributed by atoms with Gasteiger partial charge in [-0.2, -0.15) is 0 Å². The van der Waals surface area contributed by atoms with Crippen LogP contribution in [-0.4, -0.2) is 96.2 Å². The molecule has 0 aromatic rings. The highest BCUT2D eigenvalue weighted by molar-refractivity contribution is 7.71. The molecule has 0 aliphatic heterocycles. The highest BCUT2D eigenvalue weighted by Crippen LogP contribution is 2.62. The fourth-order valence-electron chi connectivity index (χ4n) is 5.93. The summed E-state index contributed by atoms with van der Waals surface area (Å²) in [5, 5.41) is -2.42. The molecule has 48 heavy (non-hydrogen) atoms. The van der Waals surface area contributed by atoms with E-state index in [1.807, 2.05) is 6.92 Å². The second-order valence-corrected chi connectivity index (χ2v) is 16.5. The van der Waals surface area contributed by atoms with Gasteiger partial charge in [0.1, 0.15) is 0 Å². The third-order valence-electron chi connectivity index (χ3n) is 8.57. The summed E-state index contributed by atoms with van der Waals surface area (Å²) in [5.41, 5.74) is 0. The maximum absolute atomic E-state index is 13.5. The summed E-state index contributed by atoms with van der Waals surface area (Å²) in [7, 11) is -10.8. The van der Waals surface area contributed by atoms with Gasteiger partial charge in [-0.15, -0.1) is 0 Å². The van der Waals surface area contributed by atoms with Crippen molar-refractivity contribution in [2.75, 3.05) is 32.7 Å². The first-order valence-electron chi connectivity index (χ1n) is 17.9. The Morgan fingerprint density at radius 2 is 1.02 bits per heavy atom. The zero-order valence-corrected chi connectivity index (χ0v) is 31.6. The van der Waals surface area contributed by atoms with Crippen molar-refractivity contribution in [2.24, 2.45) is 0 Å². The SMILES string of the molecule is C=CC(=O)N(CCC)CCN(CCN(C(=O)C=C)C(CCCCCCCCC)C(P(=O)(O)O)P(=O)(O)O)C(=O)CCCCCCCCC. The molecule has 0 aromatic carbocycles. The summed E-state index contributed by atoms with van der Waals surface area (Å²) in [4.78, 5) is 84.0. The molecule has 0 radical (unpaired) electrons. The number of amides is 3. The third kappa shape index (κ3) is 19.4. The van der Waals surface area contributed by atoms with Crippen molar-refractivity contribution >= 4 is 32.9 Å². The van der Waals surface area contributed by atoms with Crippen molar-refractivity contribution in [3.63, 3.8) is 0 Å². The van der Waals surface area contributed by atoms with E-state index < -0.39 is 32.5 Å². The number of carbonyl (C=O) groups excluding carboxylic acids is 3. The number of nitrogens with zero attached hydrogens (tertiary/aromatic N) is 3. The molecule has 0 spiro atoms. The molecule has 0 heterocycles. The molecule has 0 fully saturated rings. The molecule has 0 bridgehead atoms. The van der Waals surface area contributed by atoms with Gasteiger partial charge in [-0.05, 0) is 31.4 Å². The summed E-state index contributed by atoms with van der Waals surface area (Å²) in [5.74, 6) is -1.22. The molecule has 12 nitrogen and oxygen atoms in total. The zero-order chi connectivity index (χ0) is 36.6. The van der Waals surface area contributed by atoms with Gasteiger partial charge in [0, 0.05) is 39.1 Å². The molecular formula is C34H65N3O9P2. The number of rotatable bonds is 30. The fourth-order valence-corrected chi connectivity index (χ4v) is 9.02. The van der Waals surface area contributed by atoms with Gasteiger partial charge in [-0.25, -0.2) is 0 Å². The molecule has 0 rings (SSSR count). The van der Waals surface area contributed by atoms with Crippen molar-refractivity contribution in [3.05, 3.63) is 25.3 Å². The van der Waals surface area contributed by atoms with E-state index in [1.54, 1.807) is 4.90 Å². The highest BCUT2D eigenvalue weighted by Gasteiger charge is 2.51. The number of carbonyl (C=O) groups is 3. The quantitative estimate of drug-likeness (QED) is 0.0362. The highest BCUT2D eigenvalue weighted by atomic mass is 31.2. The van der Waals surface area contributed by atoms with Gasteiger partial charge in [0.25, 0.3) is 0 Å². The van der Waals surface area contributed by atoms with E-state index in [0.717, 1.165) is 75.2 Å². The third-order valence-corrected chi connectivity index (χ3v) is 12.4. The second-order valence-electron chi connectivity index (χ2n) is 12.6. The van der Waals surface area contributed by atoms with Crippen molar-refractivity contribution in [1.29, 1.82) is 0 Å². The van der Waals surface area contributed by atoms with E-state index in [2.05, 4.69) is 27.0 Å². The normalized spacial score (nSPS) is 12.5. The fraction of sp³-hybridized carbons (Fsp3) is 0.794. The van der Waals surface area contributed by atoms with Gasteiger partial charge in [-0.3, -0.25) is 23.5 Å². The van der Waals surface area contributed by atoms with Gasteiger partial charge < -0.3 is 34.3 Å². The molecule has 3 amide bonds. The van der Waals surface area contributed by atoms with E-state index in [0.29, 0.717) is 32.2 Å². The summed E-state index contributed by atoms with van der Waals surface area (Å²) < 4.78 is 25.2. The van der Waals surface area contributed by atoms with Gasteiger partial charge in [0.2, 0.25) is 17.7 Å². The Kier molecular flexibility index (Phi) is 25.1. The predicted octanol–water partition coefficient (Wildman–Crippen LogP) is 6.59. The Morgan fingerprint density at radius 3 is 1.48 bits per heavy atom. The molecule has 0 saturated heterocycles. The van der Waals surface area contributed by atoms with Crippen molar-refractivity contribution in [1.82, 2.24) is 14.7 Å². The Morgan fingerprint density at radius 1 is 0.583 bits per heavy atom. The lowest BCUT2D eigenvalue weighted by molar-refractivity contribution is -0.135. The maximum Gasteiger partial charge on any atom is 0.342 e. The van der Waals surface area contributed by atoms with E-state index >= 15 is 0 Å². The number of unbranched alkanes of at least 4 members (excludes halogenated alkanes) is 12. The Labute approximate surface area is 289 Å². The first kappa shape index (κ1) is 46.2. The Hall–Kier alpha value is -1.81. The first-order chi connectivity index (χ1) is 22.7. The molecule has 0 aromatic heterocycles. The number of hydrogen-bond donors (Lipinski definition) is 4. The van der Waals surface area contributed by atoms with E-state index in [-0.39, 0.29) is 50.8 Å². The molecule has 1 unspecified atom stereocenters. The van der Waals surface area contributed by atoms with Crippen LogP contribution in [0.25, 0.3) is 0 Å². The first-order valence-corrected chi connectivity index (χ1v) is 21.3. The van der Waals surface area contributed by atoms with Crippen LogP contribution >= 0.6 is 15.2 Å². The molecule has 0 aliphatic rings. The van der Waals surface area contributed by atoms with Crippen LogP contribution in [0.2, 0.25) is 0 Å². The smallest absolute Gasteiger partial charge is 0.339 e. The van der Waals surface area contributed by atoms with E-state index in [9.17, 15) is 43.1 Å². The standard InChI is InChI=1S/C34H65N3O9P2/c1-6-11-13-15-17-19-21-23-30(34(47(41,42)43)48(44,45)46)37(32(39)10-5)29-28-36(27-26-35(25-8-3)31(38)9-4)33(40)24-22-20-18-16-14-12-7-2/h9-10,30,34H,4-8,11-29H2,1-3H3,(H2,41,42,43)(H2,44,45,46). The Balaban J connectivity index is 6.20. The topological polar surface area (TPSA) is 176 Å². The van der Waals surface area contributed by atoms with Crippen LogP contribution in [0.5, 0.6) is 0 Å². The van der Waals surface area contributed by atoms with Crippen molar-refractivity contribution < 1.29 is 43.1 Å². The summed E-state index contributed by atoms with van der Waals surface area (Å²) in [6.45, 7) is 13.8. The van der Waals surface area contributed by atoms with Crippen LogP contribution in [0.1, 0.15) is 130 Å². The van der Waals surface area contributed by atoms with Crippen LogP contribution in [-0.2, 0) is 23.5 Å². The molecule has 0 aliphatic carbocycles. The average molecular weight is 722 g/mol. The molecule has 280 valence electrons. The zero-order valence-electron chi connectivity index (χ0n) is 29.8. The molecule has 1 atom stereocenters. The van der Waals surface area contributed by atoms with Gasteiger partial charge in [0.05, 0.1) is 6.04 Å². The maximum atomic E-state index is 13.5. The lowest BCUT2D eigenvalue weighted by Crippen LogP contribution is -2.50. The monoisotopic (exact) mass is 721 g/mol. The van der Waals surface area contributed by atoms with Crippen LogP contribution in [0, 0.1) is 0 Å². The summed E-state index contributed by atoms with van der Waals surface area (Å²) in [6.07, 6.45) is 16.3. The van der Waals surface area contributed by atoms with Crippen LogP contribution in [0.3, 0.4) is 0 Å². The minimum Gasteiger partial charge on any atom is -0.339 e. The minimum absolute atomic E-state index is 0.0433. The van der Waals surface area contributed by atoms with Crippen molar-refractivity contribution in [3.8, 4) is 0 Å². The minimum atomic E-state index is -5.40. The van der Waals surface area contributed by atoms with Crippen LogP contribution in [0.15, 0.2) is 25.3 Å². The van der Waals surface area contributed by atoms with E-state index in [1.165, 1.54) is 17.4 Å². The van der Waals surface area contributed by atoms with Crippen LogP contribution < -0.4 is 0 Å². The van der Waals surface area contributed by atoms with Crippen molar-refractivity contribution in [2.45, 2.75) is 141 Å². The number of hydrogen-bond acceptors (Lipinski definition) is 5. The van der Waals surface area contributed by atoms with Crippen LogP contribution in [0.4, 0.5) is 0 Å². The average Bonchev–Trinajstić information content (AvgIpc) is 3.02. The molecule has 0 saturated carbocycles. The summed E-state index contributed by atoms with van der Waals surface area (Å²) >= 11 is 0. The summed E-state index contributed by atoms with van der Waals surface area (Å²) in [6, 6.07) is -1.49. The molecular weight excluding hydrogens is 656 g/mol. The lowest BCUT2D eigenvalue weighted by Gasteiger charge is -2.38. The van der Waals surface area contributed by atoms with Gasteiger partial charge in [-0.1, -0.05) is 117 Å². The predicted molar refractivity (Wildman–Crippen MR) is 192 cm³/mol. The van der Waals surface area contributed by atoms with Gasteiger partial charge in [0.15, 0.2) is 5.40 Å². The largest absolute Gasteiger partial charge is 0.342 e. The second kappa shape index (κ2) is 26.1.